The van der Waals surface area contributed by atoms with E-state index in [-0.39, 0.29) is 5.92 Å². The third-order valence-corrected chi connectivity index (χ3v) is 3.04. The number of carbonyl (C=O) groups is 3. The summed E-state index contributed by atoms with van der Waals surface area (Å²) in [5.74, 6) is -2.10. The molecule has 0 aromatic heterocycles. The van der Waals surface area contributed by atoms with Gasteiger partial charge in [-0.1, -0.05) is 20.3 Å². The van der Waals surface area contributed by atoms with Gasteiger partial charge in [-0.15, -0.1) is 0 Å². The molecule has 110 valence electrons. The highest BCUT2D eigenvalue weighted by molar-refractivity contribution is 5.91. The predicted molar refractivity (Wildman–Crippen MR) is 70.3 cm³/mol. The van der Waals surface area contributed by atoms with Gasteiger partial charge in [-0.25, -0.2) is 0 Å². The molecule has 0 radical (unpaired) electrons. The summed E-state index contributed by atoms with van der Waals surface area (Å²) in [6.45, 7) is 6.59. The number of rotatable bonds is 7. The molecule has 2 amide bonds. The Labute approximate surface area is 112 Å². The Balaban J connectivity index is 4.37. The molecule has 0 fully saturated rings. The lowest BCUT2D eigenvalue weighted by Crippen LogP contribution is -2.53. The van der Waals surface area contributed by atoms with E-state index in [1.165, 1.54) is 13.8 Å². The van der Waals surface area contributed by atoms with Gasteiger partial charge < -0.3 is 21.5 Å². The van der Waals surface area contributed by atoms with E-state index < -0.39 is 35.9 Å². The second-order valence-electron chi connectivity index (χ2n) is 4.71. The molecule has 0 saturated carbocycles. The highest BCUT2D eigenvalue weighted by Gasteiger charge is 2.24. The van der Waals surface area contributed by atoms with Crippen molar-refractivity contribution in [3.63, 3.8) is 0 Å². The smallest absolute Gasteiger partial charge is 0.325 e. The first-order valence-corrected chi connectivity index (χ1v) is 6.29. The van der Waals surface area contributed by atoms with Gasteiger partial charge in [-0.3, -0.25) is 14.4 Å². The maximum absolute atomic E-state index is 11.7. The van der Waals surface area contributed by atoms with Gasteiger partial charge >= 0.3 is 5.97 Å². The Hall–Kier alpha value is -1.63. The van der Waals surface area contributed by atoms with Crippen molar-refractivity contribution in [2.75, 3.05) is 0 Å². The predicted octanol–water partition coefficient (Wildman–Crippen LogP) is -0.546. The Morgan fingerprint density at radius 2 is 1.53 bits per heavy atom. The van der Waals surface area contributed by atoms with E-state index in [1.54, 1.807) is 0 Å². The van der Waals surface area contributed by atoms with Crippen molar-refractivity contribution in [1.82, 2.24) is 10.6 Å². The van der Waals surface area contributed by atoms with Crippen molar-refractivity contribution in [1.29, 1.82) is 0 Å². The van der Waals surface area contributed by atoms with E-state index in [4.69, 9.17) is 10.8 Å². The number of hydrogen-bond acceptors (Lipinski definition) is 4. The van der Waals surface area contributed by atoms with Gasteiger partial charge in [0.15, 0.2) is 0 Å². The number of amides is 2. The fourth-order valence-corrected chi connectivity index (χ4v) is 1.29. The number of hydrogen-bond donors (Lipinski definition) is 4. The molecule has 0 bridgehead atoms. The van der Waals surface area contributed by atoms with Crippen molar-refractivity contribution in [3.8, 4) is 0 Å². The number of nitrogens with one attached hydrogen (secondary N) is 2. The largest absolute Gasteiger partial charge is 0.480 e. The summed E-state index contributed by atoms with van der Waals surface area (Å²) in [7, 11) is 0. The molecule has 4 atom stereocenters. The van der Waals surface area contributed by atoms with Crippen molar-refractivity contribution in [2.45, 2.75) is 52.2 Å². The van der Waals surface area contributed by atoms with E-state index in [0.717, 1.165) is 6.42 Å². The molecule has 0 rings (SSSR count). The average Bonchev–Trinajstić information content (AvgIpc) is 2.36. The molecular formula is C12H23N3O4. The Kier molecular flexibility index (Phi) is 7.06. The zero-order valence-electron chi connectivity index (χ0n) is 11.8. The van der Waals surface area contributed by atoms with Crippen molar-refractivity contribution < 1.29 is 19.5 Å². The van der Waals surface area contributed by atoms with Crippen LogP contribution >= 0.6 is 0 Å². The molecule has 0 aliphatic carbocycles. The maximum atomic E-state index is 11.7. The lowest BCUT2D eigenvalue weighted by atomic mass is 9.99. The lowest BCUT2D eigenvalue weighted by molar-refractivity contribution is -0.141. The molecule has 0 aromatic rings. The second kappa shape index (κ2) is 7.73. The topological polar surface area (TPSA) is 122 Å². The highest BCUT2D eigenvalue weighted by Crippen LogP contribution is 2.05. The molecule has 19 heavy (non-hydrogen) atoms. The van der Waals surface area contributed by atoms with Crippen LogP contribution in [-0.4, -0.2) is 41.0 Å². The van der Waals surface area contributed by atoms with Crippen molar-refractivity contribution in [3.05, 3.63) is 0 Å². The number of carboxylic acids is 1. The summed E-state index contributed by atoms with van der Waals surface area (Å²) >= 11 is 0. The minimum absolute atomic E-state index is 0.00760. The van der Waals surface area contributed by atoms with Crippen LogP contribution in [-0.2, 0) is 14.4 Å². The van der Waals surface area contributed by atoms with Crippen LogP contribution in [0, 0.1) is 5.92 Å². The fraction of sp³-hybridized carbons (Fsp3) is 0.750. The van der Waals surface area contributed by atoms with E-state index >= 15 is 0 Å². The van der Waals surface area contributed by atoms with Gasteiger partial charge in [-0.05, 0) is 19.8 Å². The Morgan fingerprint density at radius 3 is 1.95 bits per heavy atom. The Bertz CT molecular complexity index is 346. The zero-order chi connectivity index (χ0) is 15.2. The zero-order valence-corrected chi connectivity index (χ0v) is 11.8. The van der Waals surface area contributed by atoms with Gasteiger partial charge in [-0.2, -0.15) is 0 Å². The Morgan fingerprint density at radius 1 is 1.05 bits per heavy atom. The molecule has 0 spiro atoms. The molecule has 5 N–H and O–H groups in total. The molecule has 0 aliphatic rings. The molecule has 0 heterocycles. The summed E-state index contributed by atoms with van der Waals surface area (Å²) in [6, 6.07) is -2.52. The fourth-order valence-electron chi connectivity index (χ4n) is 1.29. The number of nitrogens with two attached hydrogens (primary N) is 1. The highest BCUT2D eigenvalue weighted by atomic mass is 16.4. The molecule has 7 nitrogen and oxygen atoms in total. The van der Waals surface area contributed by atoms with Crippen LogP contribution in [0.3, 0.4) is 0 Å². The summed E-state index contributed by atoms with van der Waals surface area (Å²) < 4.78 is 0. The van der Waals surface area contributed by atoms with Crippen LogP contribution in [0.2, 0.25) is 0 Å². The second-order valence-corrected chi connectivity index (χ2v) is 4.71. The first-order valence-electron chi connectivity index (χ1n) is 6.29. The van der Waals surface area contributed by atoms with Crippen LogP contribution in [0.25, 0.3) is 0 Å². The van der Waals surface area contributed by atoms with Crippen LogP contribution in [0.15, 0.2) is 0 Å². The monoisotopic (exact) mass is 273 g/mol. The maximum Gasteiger partial charge on any atom is 0.325 e. The third-order valence-electron chi connectivity index (χ3n) is 3.04. The third kappa shape index (κ3) is 5.69. The molecule has 7 heteroatoms. The minimum atomic E-state index is -1.14. The number of aliphatic carboxylic acids is 1. The van der Waals surface area contributed by atoms with Crippen LogP contribution in [0.1, 0.15) is 34.1 Å². The first-order chi connectivity index (χ1) is 8.70. The van der Waals surface area contributed by atoms with E-state index in [2.05, 4.69) is 10.6 Å². The molecule has 0 aromatic carbocycles. The molecular weight excluding hydrogens is 250 g/mol. The van der Waals surface area contributed by atoms with Crippen molar-refractivity contribution >= 4 is 17.8 Å². The minimum Gasteiger partial charge on any atom is -0.480 e. The SMILES string of the molecule is CC[C@H](C)[C@H](N)C(=O)N[C@@H](C)C(=O)N[C@@H](C)C(=O)O. The van der Waals surface area contributed by atoms with Gasteiger partial charge in [0.05, 0.1) is 6.04 Å². The van der Waals surface area contributed by atoms with E-state index in [0.29, 0.717) is 0 Å². The summed E-state index contributed by atoms with van der Waals surface area (Å²) in [4.78, 5) is 34.0. The van der Waals surface area contributed by atoms with Gasteiger partial charge in [0.1, 0.15) is 12.1 Å². The first kappa shape index (κ1) is 17.4. The molecule has 0 aliphatic heterocycles. The summed E-state index contributed by atoms with van der Waals surface area (Å²) in [5, 5.41) is 13.4. The van der Waals surface area contributed by atoms with Gasteiger partial charge in [0.25, 0.3) is 0 Å². The number of carbonyl (C=O) groups excluding carboxylic acids is 2. The van der Waals surface area contributed by atoms with E-state index in [9.17, 15) is 14.4 Å². The standard InChI is InChI=1S/C12H23N3O4/c1-5-6(2)9(13)11(17)14-7(3)10(16)15-8(4)12(18)19/h6-9H,5,13H2,1-4H3,(H,14,17)(H,15,16)(H,18,19)/t6-,7-,8-,9-/m0/s1. The molecule has 0 unspecified atom stereocenters. The van der Waals surface area contributed by atoms with Crippen molar-refractivity contribution in [2.24, 2.45) is 11.7 Å². The van der Waals surface area contributed by atoms with Gasteiger partial charge in [0.2, 0.25) is 11.8 Å². The summed E-state index contributed by atoms with van der Waals surface area (Å²) in [5.41, 5.74) is 5.73. The molecule has 0 saturated heterocycles. The summed E-state index contributed by atoms with van der Waals surface area (Å²) in [6.07, 6.45) is 0.755. The van der Waals surface area contributed by atoms with Crippen LogP contribution in [0.4, 0.5) is 0 Å². The van der Waals surface area contributed by atoms with E-state index in [1.807, 2.05) is 13.8 Å². The van der Waals surface area contributed by atoms with Gasteiger partial charge in [0, 0.05) is 0 Å². The quantitative estimate of drug-likeness (QED) is 0.496. The van der Waals surface area contributed by atoms with Crippen LogP contribution in [0.5, 0.6) is 0 Å². The van der Waals surface area contributed by atoms with Crippen LogP contribution < -0.4 is 16.4 Å². The average molecular weight is 273 g/mol. The normalized spacial score (nSPS) is 16.9. The number of carboxylic acid groups (broad SMARTS) is 1. The lowest BCUT2D eigenvalue weighted by Gasteiger charge is -2.21.